The van der Waals surface area contributed by atoms with Gasteiger partial charge in [0.05, 0.1) is 6.04 Å². The van der Waals surface area contributed by atoms with Crippen molar-refractivity contribution in [3.05, 3.63) is 36.5 Å². The third-order valence-electron chi connectivity index (χ3n) is 4.09. The fourth-order valence-corrected chi connectivity index (χ4v) is 2.93. The first-order chi connectivity index (χ1) is 10.2. The summed E-state index contributed by atoms with van der Waals surface area (Å²) in [6.45, 7) is 4.23. The molecule has 6 nitrogen and oxygen atoms in total. The van der Waals surface area contributed by atoms with Gasteiger partial charge in [-0.25, -0.2) is 4.98 Å². The van der Waals surface area contributed by atoms with Crippen molar-refractivity contribution in [2.75, 3.05) is 18.0 Å². The Kier molecular flexibility index (Phi) is 4.15. The number of nitrogens with zero attached hydrogens (tertiary/aromatic N) is 5. The summed E-state index contributed by atoms with van der Waals surface area (Å²) in [6, 6.07) is 6.83. The summed E-state index contributed by atoms with van der Waals surface area (Å²) < 4.78 is 1.97. The van der Waals surface area contributed by atoms with Crippen LogP contribution in [-0.4, -0.2) is 38.9 Å². The summed E-state index contributed by atoms with van der Waals surface area (Å²) in [5, 5.41) is 11.8. The van der Waals surface area contributed by atoms with Gasteiger partial charge in [-0.3, -0.25) is 0 Å². The molecule has 1 unspecified atom stereocenters. The van der Waals surface area contributed by atoms with Crippen molar-refractivity contribution in [2.45, 2.75) is 31.8 Å². The smallest absolute Gasteiger partial charge is 0.149 e. The van der Waals surface area contributed by atoms with Crippen molar-refractivity contribution in [1.82, 2.24) is 25.1 Å². The molecule has 0 aromatic carbocycles. The van der Waals surface area contributed by atoms with E-state index in [1.54, 1.807) is 6.33 Å². The molecule has 112 valence electrons. The van der Waals surface area contributed by atoms with Crippen molar-refractivity contribution < 1.29 is 0 Å². The Morgan fingerprint density at radius 1 is 1.29 bits per heavy atom. The molecule has 1 fully saturated rings. The lowest BCUT2D eigenvalue weighted by Crippen LogP contribution is -2.43. The van der Waals surface area contributed by atoms with E-state index in [-0.39, 0.29) is 6.04 Å². The number of aryl methyl sites for hydroxylation is 1. The van der Waals surface area contributed by atoms with Gasteiger partial charge in [-0.05, 0) is 31.9 Å². The van der Waals surface area contributed by atoms with Gasteiger partial charge in [0.1, 0.15) is 18.0 Å². The van der Waals surface area contributed by atoms with Gasteiger partial charge in [0.15, 0.2) is 0 Å². The number of anilines is 1. The Morgan fingerprint density at radius 2 is 2.10 bits per heavy atom. The van der Waals surface area contributed by atoms with E-state index in [0.29, 0.717) is 6.04 Å². The van der Waals surface area contributed by atoms with Crippen LogP contribution in [0, 0.1) is 0 Å². The molecule has 1 N–H and O–H groups in total. The largest absolute Gasteiger partial charge is 0.357 e. The zero-order valence-electron chi connectivity index (χ0n) is 12.6. The Hall–Kier alpha value is -1.95. The minimum Gasteiger partial charge on any atom is -0.357 e. The summed E-state index contributed by atoms with van der Waals surface area (Å²) in [4.78, 5) is 6.78. The molecule has 0 aliphatic carbocycles. The Balaban J connectivity index is 1.53. The maximum atomic E-state index is 4.42. The second kappa shape index (κ2) is 6.22. The summed E-state index contributed by atoms with van der Waals surface area (Å²) in [6.07, 6.45) is 5.85. The lowest BCUT2D eigenvalue weighted by molar-refractivity contribution is 0.369. The van der Waals surface area contributed by atoms with E-state index in [2.05, 4.69) is 38.4 Å². The lowest BCUT2D eigenvalue weighted by atomic mass is 10.0. The molecule has 0 saturated carbocycles. The number of aromatic nitrogens is 4. The van der Waals surface area contributed by atoms with Gasteiger partial charge in [-0.15, -0.1) is 10.2 Å². The summed E-state index contributed by atoms with van der Waals surface area (Å²) in [5.74, 6) is 2.07. The highest BCUT2D eigenvalue weighted by Crippen LogP contribution is 2.19. The third-order valence-corrected chi connectivity index (χ3v) is 4.09. The first-order valence-corrected chi connectivity index (χ1v) is 7.50. The highest BCUT2D eigenvalue weighted by Gasteiger charge is 2.22. The Bertz CT molecular complexity index is 559. The van der Waals surface area contributed by atoms with E-state index < -0.39 is 0 Å². The molecular weight excluding hydrogens is 264 g/mol. The fourth-order valence-electron chi connectivity index (χ4n) is 2.93. The number of nitrogens with one attached hydrogen (secondary N) is 1. The zero-order valence-corrected chi connectivity index (χ0v) is 12.6. The second-order valence-corrected chi connectivity index (χ2v) is 5.64. The van der Waals surface area contributed by atoms with Gasteiger partial charge in [-0.2, -0.15) is 0 Å². The fraction of sp³-hybridized carbons (Fsp3) is 0.533. The minimum atomic E-state index is 0.226. The van der Waals surface area contributed by atoms with E-state index in [0.717, 1.165) is 37.6 Å². The number of piperidine rings is 1. The summed E-state index contributed by atoms with van der Waals surface area (Å²) >= 11 is 0. The topological polar surface area (TPSA) is 58.9 Å². The predicted octanol–water partition coefficient (Wildman–Crippen LogP) is 1.53. The zero-order chi connectivity index (χ0) is 14.7. The van der Waals surface area contributed by atoms with Crippen molar-refractivity contribution >= 4 is 5.82 Å². The molecule has 2 aromatic heterocycles. The maximum absolute atomic E-state index is 4.42. The standard InChI is InChI=1S/C15H22N6/c1-12(15-19-17-11-20(15)2)18-13-6-9-21(10-7-13)14-5-3-4-8-16-14/h3-5,8,11-13,18H,6-7,9-10H2,1-2H3. The van der Waals surface area contributed by atoms with E-state index in [4.69, 9.17) is 0 Å². The minimum absolute atomic E-state index is 0.226. The van der Waals surface area contributed by atoms with Crippen LogP contribution in [0.2, 0.25) is 0 Å². The van der Waals surface area contributed by atoms with Gasteiger partial charge in [0.2, 0.25) is 0 Å². The van der Waals surface area contributed by atoms with Crippen LogP contribution in [0.3, 0.4) is 0 Å². The van der Waals surface area contributed by atoms with Gasteiger partial charge in [0.25, 0.3) is 0 Å². The molecule has 6 heteroatoms. The van der Waals surface area contributed by atoms with Crippen LogP contribution in [-0.2, 0) is 7.05 Å². The molecule has 2 aromatic rings. The molecule has 21 heavy (non-hydrogen) atoms. The van der Waals surface area contributed by atoms with E-state index in [1.807, 2.05) is 29.9 Å². The van der Waals surface area contributed by atoms with Crippen LogP contribution >= 0.6 is 0 Å². The van der Waals surface area contributed by atoms with Crippen molar-refractivity contribution in [2.24, 2.45) is 7.05 Å². The second-order valence-electron chi connectivity index (χ2n) is 5.64. The molecular formula is C15H22N6. The lowest BCUT2D eigenvalue weighted by Gasteiger charge is -2.34. The van der Waals surface area contributed by atoms with Gasteiger partial charge >= 0.3 is 0 Å². The Labute approximate surface area is 125 Å². The molecule has 0 bridgehead atoms. The molecule has 3 heterocycles. The molecule has 0 radical (unpaired) electrons. The molecule has 1 atom stereocenters. The van der Waals surface area contributed by atoms with Crippen LogP contribution < -0.4 is 10.2 Å². The average Bonchev–Trinajstić information content (AvgIpc) is 2.95. The Morgan fingerprint density at radius 3 is 2.71 bits per heavy atom. The molecule has 3 rings (SSSR count). The van der Waals surface area contributed by atoms with Gasteiger partial charge < -0.3 is 14.8 Å². The first kappa shape index (κ1) is 14.0. The van der Waals surface area contributed by atoms with Crippen LogP contribution in [0.15, 0.2) is 30.7 Å². The van der Waals surface area contributed by atoms with Gasteiger partial charge in [-0.1, -0.05) is 6.07 Å². The van der Waals surface area contributed by atoms with Crippen LogP contribution in [0.4, 0.5) is 5.82 Å². The van der Waals surface area contributed by atoms with Crippen LogP contribution in [0.1, 0.15) is 31.6 Å². The van der Waals surface area contributed by atoms with Crippen molar-refractivity contribution in [3.8, 4) is 0 Å². The normalized spacial score (nSPS) is 17.9. The number of rotatable bonds is 4. The van der Waals surface area contributed by atoms with E-state index in [9.17, 15) is 0 Å². The first-order valence-electron chi connectivity index (χ1n) is 7.50. The highest BCUT2D eigenvalue weighted by molar-refractivity contribution is 5.38. The number of hydrogen-bond donors (Lipinski definition) is 1. The number of hydrogen-bond acceptors (Lipinski definition) is 5. The molecule has 1 saturated heterocycles. The number of pyridine rings is 1. The van der Waals surface area contributed by atoms with Gasteiger partial charge in [0, 0.05) is 32.4 Å². The third kappa shape index (κ3) is 3.21. The summed E-state index contributed by atoms with van der Waals surface area (Å²) in [5.41, 5.74) is 0. The van der Waals surface area contributed by atoms with Crippen LogP contribution in [0.25, 0.3) is 0 Å². The predicted molar refractivity (Wildman–Crippen MR) is 82.0 cm³/mol. The maximum Gasteiger partial charge on any atom is 0.149 e. The summed E-state index contributed by atoms with van der Waals surface area (Å²) in [7, 11) is 1.98. The quantitative estimate of drug-likeness (QED) is 0.923. The molecule has 0 amide bonds. The van der Waals surface area contributed by atoms with Crippen LogP contribution in [0.5, 0.6) is 0 Å². The van der Waals surface area contributed by atoms with E-state index in [1.165, 1.54) is 0 Å². The molecule has 1 aliphatic rings. The molecule has 1 aliphatic heterocycles. The monoisotopic (exact) mass is 286 g/mol. The molecule has 0 spiro atoms. The average molecular weight is 286 g/mol. The SMILES string of the molecule is CC(NC1CCN(c2ccccn2)CC1)c1nncn1C. The van der Waals surface area contributed by atoms with Crippen molar-refractivity contribution in [3.63, 3.8) is 0 Å². The highest BCUT2D eigenvalue weighted by atomic mass is 15.3. The van der Waals surface area contributed by atoms with Crippen molar-refractivity contribution in [1.29, 1.82) is 0 Å². The van der Waals surface area contributed by atoms with E-state index >= 15 is 0 Å².